The zero-order valence-electron chi connectivity index (χ0n) is 13.5. The normalized spacial score (nSPS) is 25.5. The highest BCUT2D eigenvalue weighted by Crippen LogP contribution is 2.24. The molecule has 1 amide bonds. The molecule has 0 radical (unpaired) electrons. The molecule has 1 aromatic rings. The molecule has 0 spiro atoms. The van der Waals surface area contributed by atoms with Crippen molar-refractivity contribution in [2.45, 2.75) is 70.9 Å². The van der Waals surface area contributed by atoms with Gasteiger partial charge in [-0.15, -0.1) is 0 Å². The summed E-state index contributed by atoms with van der Waals surface area (Å²) in [5.74, 6) is 0.665. The molecule has 0 saturated heterocycles. The van der Waals surface area contributed by atoms with Gasteiger partial charge in [-0.3, -0.25) is 9.59 Å². The monoisotopic (exact) mass is 303 g/mol. The zero-order valence-corrected chi connectivity index (χ0v) is 13.5. The van der Waals surface area contributed by atoms with Gasteiger partial charge in [0.2, 0.25) is 5.91 Å². The Bertz CT molecular complexity index is 615. The Morgan fingerprint density at radius 1 is 1.32 bits per heavy atom. The number of nitrogens with one attached hydrogen (secondary N) is 1. The minimum Gasteiger partial charge on any atom is -0.352 e. The van der Waals surface area contributed by atoms with Gasteiger partial charge in [0.25, 0.3) is 5.56 Å². The molecule has 22 heavy (non-hydrogen) atoms. The Morgan fingerprint density at radius 3 is 2.77 bits per heavy atom. The first-order valence-corrected chi connectivity index (χ1v) is 8.46. The van der Waals surface area contributed by atoms with Crippen molar-refractivity contribution < 1.29 is 4.79 Å². The van der Waals surface area contributed by atoms with Crippen LogP contribution >= 0.6 is 0 Å². The minimum absolute atomic E-state index is 0.0906. The van der Waals surface area contributed by atoms with Gasteiger partial charge in [0, 0.05) is 12.1 Å². The van der Waals surface area contributed by atoms with Gasteiger partial charge in [0.05, 0.1) is 5.69 Å². The topological polar surface area (TPSA) is 64.0 Å². The second-order valence-corrected chi connectivity index (χ2v) is 6.89. The van der Waals surface area contributed by atoms with Crippen LogP contribution in [0.4, 0.5) is 0 Å². The Morgan fingerprint density at radius 2 is 2.05 bits per heavy atom. The van der Waals surface area contributed by atoms with Gasteiger partial charge in [0.1, 0.15) is 6.04 Å². The molecule has 2 aliphatic rings. The van der Waals surface area contributed by atoms with E-state index in [1.165, 1.54) is 4.68 Å². The van der Waals surface area contributed by atoms with E-state index < -0.39 is 6.04 Å². The fourth-order valence-electron chi connectivity index (χ4n) is 3.53. The van der Waals surface area contributed by atoms with Crippen molar-refractivity contribution in [2.24, 2.45) is 5.92 Å². The van der Waals surface area contributed by atoms with E-state index in [4.69, 9.17) is 0 Å². The van der Waals surface area contributed by atoms with Crippen molar-refractivity contribution in [1.82, 2.24) is 15.1 Å². The molecule has 5 heteroatoms. The average molecular weight is 303 g/mol. The molecule has 3 rings (SSSR count). The van der Waals surface area contributed by atoms with Gasteiger partial charge in [-0.05, 0) is 63.4 Å². The van der Waals surface area contributed by atoms with E-state index in [0.717, 1.165) is 62.1 Å². The molecule has 1 fully saturated rings. The van der Waals surface area contributed by atoms with E-state index in [-0.39, 0.29) is 17.5 Å². The van der Waals surface area contributed by atoms with E-state index >= 15 is 0 Å². The van der Waals surface area contributed by atoms with Crippen LogP contribution in [0.1, 0.15) is 63.3 Å². The van der Waals surface area contributed by atoms with Gasteiger partial charge in [-0.1, -0.05) is 6.92 Å². The first kappa shape index (κ1) is 15.3. The summed E-state index contributed by atoms with van der Waals surface area (Å²) in [5.41, 5.74) is 1.86. The molecule has 2 aliphatic carbocycles. The number of hydrogen-bond acceptors (Lipinski definition) is 3. The van der Waals surface area contributed by atoms with Crippen molar-refractivity contribution in [2.75, 3.05) is 0 Å². The molecule has 1 atom stereocenters. The molecule has 1 N–H and O–H groups in total. The summed E-state index contributed by atoms with van der Waals surface area (Å²) in [6.07, 6.45) is 7.28. The maximum atomic E-state index is 12.4. The lowest BCUT2D eigenvalue weighted by atomic mass is 9.87. The maximum absolute atomic E-state index is 12.4. The highest BCUT2D eigenvalue weighted by molar-refractivity contribution is 5.80. The van der Waals surface area contributed by atoms with Gasteiger partial charge < -0.3 is 5.32 Å². The quantitative estimate of drug-likeness (QED) is 0.928. The standard InChI is InChI=1S/C17H25N3O2/c1-11-6-8-14(9-7-11)18-17(22)12(2)20-16(21)10-13-4-3-5-15(13)19-20/h10-12,14H,3-9H2,1-2H3,(H,18,22). The van der Waals surface area contributed by atoms with E-state index in [1.54, 1.807) is 13.0 Å². The molecule has 1 unspecified atom stereocenters. The lowest BCUT2D eigenvalue weighted by Crippen LogP contribution is -2.43. The second-order valence-electron chi connectivity index (χ2n) is 6.89. The molecule has 1 aromatic heterocycles. The van der Waals surface area contributed by atoms with Gasteiger partial charge in [0.15, 0.2) is 0 Å². The molecule has 120 valence electrons. The second kappa shape index (κ2) is 6.23. The van der Waals surface area contributed by atoms with E-state index in [0.29, 0.717) is 0 Å². The Labute approximate surface area is 131 Å². The Balaban J connectivity index is 1.69. The van der Waals surface area contributed by atoms with Crippen LogP contribution in [-0.4, -0.2) is 21.7 Å². The van der Waals surface area contributed by atoms with Crippen molar-refractivity contribution in [3.05, 3.63) is 27.7 Å². The van der Waals surface area contributed by atoms with Crippen molar-refractivity contribution in [3.63, 3.8) is 0 Å². The summed E-state index contributed by atoms with van der Waals surface area (Å²) in [6, 6.07) is 1.36. The van der Waals surface area contributed by atoms with E-state index in [2.05, 4.69) is 17.3 Å². The third-order valence-electron chi connectivity index (χ3n) is 5.09. The summed E-state index contributed by atoms with van der Waals surface area (Å²) in [4.78, 5) is 24.6. The van der Waals surface area contributed by atoms with Crippen molar-refractivity contribution in [3.8, 4) is 0 Å². The van der Waals surface area contributed by atoms with Crippen LogP contribution < -0.4 is 10.9 Å². The zero-order chi connectivity index (χ0) is 15.7. The lowest BCUT2D eigenvalue weighted by molar-refractivity contribution is -0.125. The fraction of sp³-hybridized carbons (Fsp3) is 0.706. The summed E-state index contributed by atoms with van der Waals surface area (Å²) in [6.45, 7) is 4.02. The van der Waals surface area contributed by atoms with Crippen LogP contribution in [0.3, 0.4) is 0 Å². The first-order chi connectivity index (χ1) is 10.5. The number of amides is 1. The third-order valence-corrected chi connectivity index (χ3v) is 5.09. The van der Waals surface area contributed by atoms with E-state index in [9.17, 15) is 9.59 Å². The molecule has 0 aliphatic heterocycles. The molecule has 0 aromatic carbocycles. The SMILES string of the molecule is CC1CCC(NC(=O)C(C)n2nc3c(cc2=O)CCC3)CC1. The predicted molar refractivity (Wildman–Crippen MR) is 84.8 cm³/mol. The highest BCUT2D eigenvalue weighted by atomic mass is 16.2. The number of fused-ring (bicyclic) bond motifs is 1. The lowest BCUT2D eigenvalue weighted by Gasteiger charge is -2.28. The Hall–Kier alpha value is -1.65. The number of hydrogen-bond donors (Lipinski definition) is 1. The van der Waals surface area contributed by atoms with Crippen LogP contribution in [0.5, 0.6) is 0 Å². The number of aryl methyl sites for hydroxylation is 2. The third kappa shape index (κ3) is 3.08. The van der Waals surface area contributed by atoms with Crippen molar-refractivity contribution in [1.29, 1.82) is 0 Å². The summed E-state index contributed by atoms with van der Waals surface area (Å²) in [7, 11) is 0. The summed E-state index contributed by atoms with van der Waals surface area (Å²) in [5, 5.41) is 7.52. The number of carbonyl (C=O) groups is 1. The summed E-state index contributed by atoms with van der Waals surface area (Å²) < 4.78 is 1.35. The van der Waals surface area contributed by atoms with Gasteiger partial charge in [-0.25, -0.2) is 4.68 Å². The number of nitrogens with zero attached hydrogens (tertiary/aromatic N) is 2. The van der Waals surface area contributed by atoms with Crippen LogP contribution in [0.15, 0.2) is 10.9 Å². The largest absolute Gasteiger partial charge is 0.352 e. The molecular weight excluding hydrogens is 278 g/mol. The van der Waals surface area contributed by atoms with Crippen LogP contribution in [0.25, 0.3) is 0 Å². The van der Waals surface area contributed by atoms with Gasteiger partial charge >= 0.3 is 0 Å². The van der Waals surface area contributed by atoms with Crippen LogP contribution in [0.2, 0.25) is 0 Å². The molecule has 1 heterocycles. The highest BCUT2D eigenvalue weighted by Gasteiger charge is 2.25. The number of carbonyl (C=O) groups excluding carboxylic acids is 1. The van der Waals surface area contributed by atoms with Gasteiger partial charge in [-0.2, -0.15) is 5.10 Å². The molecule has 1 saturated carbocycles. The fourth-order valence-corrected chi connectivity index (χ4v) is 3.53. The van der Waals surface area contributed by atoms with Crippen molar-refractivity contribution >= 4 is 5.91 Å². The molecule has 5 nitrogen and oxygen atoms in total. The molecular formula is C17H25N3O2. The Kier molecular flexibility index (Phi) is 4.32. The maximum Gasteiger partial charge on any atom is 0.267 e. The smallest absolute Gasteiger partial charge is 0.267 e. The number of rotatable bonds is 3. The van der Waals surface area contributed by atoms with Crippen LogP contribution in [0, 0.1) is 5.92 Å². The first-order valence-electron chi connectivity index (χ1n) is 8.46. The van der Waals surface area contributed by atoms with Crippen LogP contribution in [-0.2, 0) is 17.6 Å². The average Bonchev–Trinajstić information content (AvgIpc) is 2.95. The molecule has 0 bridgehead atoms. The minimum atomic E-state index is -0.544. The predicted octanol–water partition coefficient (Wildman–Crippen LogP) is 1.99. The van der Waals surface area contributed by atoms with E-state index in [1.807, 2.05) is 0 Å². The summed E-state index contributed by atoms with van der Waals surface area (Å²) >= 11 is 0. The number of aromatic nitrogens is 2.